The number of fused-ring (bicyclic) bond motifs is 1. The van der Waals surface area contributed by atoms with Crippen molar-refractivity contribution >= 4 is 34.1 Å². The maximum atomic E-state index is 6.12. The minimum absolute atomic E-state index is 0.709. The van der Waals surface area contributed by atoms with E-state index in [-0.39, 0.29) is 0 Å². The molecule has 1 aliphatic rings. The number of hydrogen-bond acceptors (Lipinski definition) is 6. The van der Waals surface area contributed by atoms with Crippen molar-refractivity contribution in [2.24, 2.45) is 0 Å². The van der Waals surface area contributed by atoms with E-state index in [9.17, 15) is 0 Å². The van der Waals surface area contributed by atoms with Crippen molar-refractivity contribution in [3.63, 3.8) is 0 Å². The van der Waals surface area contributed by atoms with Gasteiger partial charge in [-0.05, 0) is 42.8 Å². The molecule has 0 N–H and O–H groups in total. The Labute approximate surface area is 185 Å². The van der Waals surface area contributed by atoms with Crippen molar-refractivity contribution in [2.75, 3.05) is 43.1 Å². The molecule has 1 fully saturated rings. The molecule has 8 heteroatoms. The fraction of sp³-hybridized carbons (Fsp3) is 0.261. The first-order valence-electron chi connectivity index (χ1n) is 10.2. The molecule has 5 rings (SSSR count). The summed E-state index contributed by atoms with van der Waals surface area (Å²) in [6.45, 7) is 5.51. The van der Waals surface area contributed by atoms with Crippen LogP contribution in [0.25, 0.3) is 16.7 Å². The van der Waals surface area contributed by atoms with Gasteiger partial charge in [-0.15, -0.1) is 0 Å². The summed E-state index contributed by atoms with van der Waals surface area (Å²) in [5.41, 5.74) is 3.93. The predicted octanol–water partition coefficient (Wildman–Crippen LogP) is 4.11. The van der Waals surface area contributed by atoms with Crippen LogP contribution in [0.3, 0.4) is 0 Å². The summed E-state index contributed by atoms with van der Waals surface area (Å²) in [4.78, 5) is 13.8. The normalized spacial score (nSPS) is 14.3. The van der Waals surface area contributed by atoms with E-state index in [0.717, 1.165) is 65.7 Å². The maximum Gasteiger partial charge on any atom is 0.168 e. The molecule has 7 nitrogen and oxygen atoms in total. The van der Waals surface area contributed by atoms with Crippen LogP contribution >= 0.6 is 11.6 Å². The Bertz CT molecular complexity index is 1230. The number of para-hydroxylation sites is 2. The molecule has 2 aromatic carbocycles. The van der Waals surface area contributed by atoms with Gasteiger partial charge in [0.2, 0.25) is 0 Å². The smallest absolute Gasteiger partial charge is 0.168 e. The number of hydrogen-bond donors (Lipinski definition) is 0. The maximum absolute atomic E-state index is 6.12. The SMILES string of the molecule is COc1ccccc1N1CCN(c2ncnc3c2cnn3-c2ccc(Cl)cc2C)CC1. The summed E-state index contributed by atoms with van der Waals surface area (Å²) >= 11 is 6.12. The number of methoxy groups -OCH3 is 1. The van der Waals surface area contributed by atoms with Crippen LogP contribution in [0.4, 0.5) is 11.5 Å². The highest BCUT2D eigenvalue weighted by atomic mass is 35.5. The predicted molar refractivity (Wildman–Crippen MR) is 124 cm³/mol. The Balaban J connectivity index is 1.42. The van der Waals surface area contributed by atoms with E-state index in [0.29, 0.717) is 5.02 Å². The van der Waals surface area contributed by atoms with Crippen LogP contribution in [0.5, 0.6) is 5.75 Å². The number of nitrogens with zero attached hydrogens (tertiary/aromatic N) is 6. The van der Waals surface area contributed by atoms with Gasteiger partial charge in [0.15, 0.2) is 5.65 Å². The summed E-state index contributed by atoms with van der Waals surface area (Å²) in [7, 11) is 1.72. The molecular formula is C23H23ClN6O. The average molecular weight is 435 g/mol. The molecule has 0 atom stereocenters. The van der Waals surface area contributed by atoms with E-state index in [2.05, 4.69) is 30.9 Å². The summed E-state index contributed by atoms with van der Waals surface area (Å²) in [6, 6.07) is 13.9. The van der Waals surface area contributed by atoms with E-state index in [1.807, 2.05) is 54.2 Å². The lowest BCUT2D eigenvalue weighted by Gasteiger charge is -2.37. The molecule has 0 radical (unpaired) electrons. The molecule has 1 saturated heterocycles. The molecule has 0 bridgehead atoms. The fourth-order valence-corrected chi connectivity index (χ4v) is 4.39. The number of rotatable bonds is 4. The molecule has 0 saturated carbocycles. The number of aromatic nitrogens is 4. The molecule has 3 heterocycles. The van der Waals surface area contributed by atoms with Crippen LogP contribution in [0.2, 0.25) is 5.02 Å². The summed E-state index contributed by atoms with van der Waals surface area (Å²) in [6.07, 6.45) is 3.47. The zero-order valence-electron chi connectivity index (χ0n) is 17.5. The summed E-state index contributed by atoms with van der Waals surface area (Å²) in [5.74, 6) is 1.82. The van der Waals surface area contributed by atoms with E-state index < -0.39 is 0 Å². The molecule has 4 aromatic rings. The van der Waals surface area contributed by atoms with Gasteiger partial charge in [-0.2, -0.15) is 5.10 Å². The number of ether oxygens (including phenoxy) is 1. The standard InChI is InChI=1S/C23H23ClN6O/c1-16-13-17(24)7-8-19(16)30-23-18(14-27-30)22(25-15-26-23)29-11-9-28(10-12-29)20-5-3-4-6-21(20)31-2/h3-8,13-15H,9-12H2,1-2H3. The van der Waals surface area contributed by atoms with E-state index in [1.165, 1.54) is 0 Å². The first-order chi connectivity index (χ1) is 15.2. The second kappa shape index (κ2) is 8.07. The topological polar surface area (TPSA) is 59.3 Å². The minimum atomic E-state index is 0.709. The second-order valence-corrected chi connectivity index (χ2v) is 8.00. The molecule has 2 aromatic heterocycles. The molecule has 1 aliphatic heterocycles. The van der Waals surface area contributed by atoms with E-state index in [4.69, 9.17) is 16.3 Å². The third-order valence-electron chi connectivity index (χ3n) is 5.74. The van der Waals surface area contributed by atoms with E-state index in [1.54, 1.807) is 13.4 Å². The molecular weight excluding hydrogens is 412 g/mol. The number of piperazine rings is 1. The fourth-order valence-electron chi connectivity index (χ4n) is 4.17. The molecule has 0 unspecified atom stereocenters. The van der Waals surface area contributed by atoms with Gasteiger partial charge in [0, 0.05) is 31.2 Å². The molecule has 31 heavy (non-hydrogen) atoms. The van der Waals surface area contributed by atoms with Crippen molar-refractivity contribution in [2.45, 2.75) is 6.92 Å². The van der Waals surface area contributed by atoms with Gasteiger partial charge >= 0.3 is 0 Å². The van der Waals surface area contributed by atoms with Crippen LogP contribution < -0.4 is 14.5 Å². The number of anilines is 2. The summed E-state index contributed by atoms with van der Waals surface area (Å²) < 4.78 is 7.39. The first kappa shape index (κ1) is 19.6. The quantitative estimate of drug-likeness (QED) is 0.481. The highest BCUT2D eigenvalue weighted by molar-refractivity contribution is 6.30. The Morgan fingerprint density at radius 2 is 1.71 bits per heavy atom. The number of benzene rings is 2. The van der Waals surface area contributed by atoms with Crippen molar-refractivity contribution in [1.29, 1.82) is 0 Å². The summed E-state index contributed by atoms with van der Waals surface area (Å²) in [5, 5.41) is 6.27. The first-order valence-corrected chi connectivity index (χ1v) is 10.6. The van der Waals surface area contributed by atoms with Gasteiger partial charge in [-0.1, -0.05) is 23.7 Å². The van der Waals surface area contributed by atoms with Crippen LogP contribution in [0.1, 0.15) is 5.56 Å². The molecule has 0 amide bonds. The highest BCUT2D eigenvalue weighted by Crippen LogP contribution is 2.31. The van der Waals surface area contributed by atoms with Crippen LogP contribution in [0, 0.1) is 6.92 Å². The van der Waals surface area contributed by atoms with Gasteiger partial charge in [-0.25, -0.2) is 14.6 Å². The van der Waals surface area contributed by atoms with Crippen molar-refractivity contribution in [1.82, 2.24) is 19.7 Å². The van der Waals surface area contributed by atoms with Gasteiger partial charge in [0.05, 0.1) is 30.1 Å². The minimum Gasteiger partial charge on any atom is -0.495 e. The van der Waals surface area contributed by atoms with Gasteiger partial charge in [0.25, 0.3) is 0 Å². The van der Waals surface area contributed by atoms with Gasteiger partial charge in [-0.3, -0.25) is 0 Å². The second-order valence-electron chi connectivity index (χ2n) is 7.57. The van der Waals surface area contributed by atoms with Gasteiger partial charge in [0.1, 0.15) is 17.9 Å². The largest absolute Gasteiger partial charge is 0.495 e. The van der Waals surface area contributed by atoms with Gasteiger partial charge < -0.3 is 14.5 Å². The lowest BCUT2D eigenvalue weighted by molar-refractivity contribution is 0.413. The van der Waals surface area contributed by atoms with Crippen molar-refractivity contribution in [3.05, 3.63) is 65.6 Å². The zero-order valence-corrected chi connectivity index (χ0v) is 18.3. The number of halogens is 1. The zero-order chi connectivity index (χ0) is 21.4. The van der Waals surface area contributed by atoms with Crippen LogP contribution in [-0.4, -0.2) is 53.0 Å². The van der Waals surface area contributed by atoms with Crippen molar-refractivity contribution in [3.8, 4) is 11.4 Å². The Hall–Kier alpha value is -3.32. The third kappa shape index (κ3) is 3.55. The monoisotopic (exact) mass is 434 g/mol. The van der Waals surface area contributed by atoms with E-state index >= 15 is 0 Å². The lowest BCUT2D eigenvalue weighted by atomic mass is 10.2. The van der Waals surface area contributed by atoms with Crippen molar-refractivity contribution < 1.29 is 4.74 Å². The Kier molecular flexibility index (Phi) is 5.11. The Morgan fingerprint density at radius 1 is 0.935 bits per heavy atom. The highest BCUT2D eigenvalue weighted by Gasteiger charge is 2.23. The molecule has 158 valence electrons. The molecule has 0 spiro atoms. The van der Waals surface area contributed by atoms with Crippen LogP contribution in [-0.2, 0) is 0 Å². The lowest BCUT2D eigenvalue weighted by Crippen LogP contribution is -2.47. The average Bonchev–Trinajstić information content (AvgIpc) is 3.23. The number of aryl methyl sites for hydroxylation is 1. The third-order valence-corrected chi connectivity index (χ3v) is 5.97. The molecule has 0 aliphatic carbocycles. The van der Waals surface area contributed by atoms with Crippen LogP contribution in [0.15, 0.2) is 55.0 Å². The Morgan fingerprint density at radius 3 is 2.48 bits per heavy atom.